The standard InChI is InChI=1S/C21H27NO2S2/c1-15-14-16(2)18(4)21(17(15)3)26(23,24)22-11-10-20(25-13-12-22)19-8-6-5-7-9-19/h5-9,14,20H,10-13H2,1-4H3. The quantitative estimate of drug-likeness (QED) is 0.757. The van der Waals surface area contributed by atoms with E-state index < -0.39 is 10.0 Å². The molecule has 0 bridgehead atoms. The molecule has 3 rings (SSSR count). The Balaban J connectivity index is 1.90. The van der Waals surface area contributed by atoms with Gasteiger partial charge in [-0.15, -0.1) is 0 Å². The molecule has 1 aliphatic rings. The highest BCUT2D eigenvalue weighted by molar-refractivity contribution is 7.99. The van der Waals surface area contributed by atoms with Crippen LogP contribution in [0.15, 0.2) is 41.3 Å². The van der Waals surface area contributed by atoms with Gasteiger partial charge in [0.15, 0.2) is 0 Å². The van der Waals surface area contributed by atoms with Crippen LogP contribution in [0.3, 0.4) is 0 Å². The molecule has 3 nitrogen and oxygen atoms in total. The van der Waals surface area contributed by atoms with Gasteiger partial charge < -0.3 is 0 Å². The van der Waals surface area contributed by atoms with Crippen molar-refractivity contribution in [3.8, 4) is 0 Å². The number of aryl methyl sites for hydroxylation is 2. The molecule has 1 heterocycles. The lowest BCUT2D eigenvalue weighted by molar-refractivity contribution is 0.427. The summed E-state index contributed by atoms with van der Waals surface area (Å²) in [5.41, 5.74) is 5.13. The second kappa shape index (κ2) is 7.75. The van der Waals surface area contributed by atoms with Gasteiger partial charge >= 0.3 is 0 Å². The Bertz CT molecular complexity index is 866. The molecular formula is C21H27NO2S2. The van der Waals surface area contributed by atoms with Gasteiger partial charge in [-0.3, -0.25) is 0 Å². The first-order valence-electron chi connectivity index (χ1n) is 9.06. The number of sulfonamides is 1. The van der Waals surface area contributed by atoms with Crippen LogP contribution < -0.4 is 0 Å². The van der Waals surface area contributed by atoms with Crippen LogP contribution in [0.5, 0.6) is 0 Å². The first kappa shape index (κ1) is 19.5. The van der Waals surface area contributed by atoms with E-state index in [0.717, 1.165) is 34.4 Å². The molecule has 5 heteroatoms. The number of benzene rings is 2. The van der Waals surface area contributed by atoms with Crippen LogP contribution in [0, 0.1) is 27.7 Å². The molecule has 0 amide bonds. The summed E-state index contributed by atoms with van der Waals surface area (Å²) in [5, 5.41) is 0.359. The summed E-state index contributed by atoms with van der Waals surface area (Å²) in [6.45, 7) is 8.97. The minimum Gasteiger partial charge on any atom is -0.207 e. The van der Waals surface area contributed by atoms with E-state index in [1.54, 1.807) is 4.31 Å². The number of nitrogens with zero attached hydrogens (tertiary/aromatic N) is 1. The van der Waals surface area contributed by atoms with E-state index in [2.05, 4.69) is 30.3 Å². The summed E-state index contributed by atoms with van der Waals surface area (Å²) < 4.78 is 28.6. The fourth-order valence-corrected chi connectivity index (χ4v) is 7.00. The van der Waals surface area contributed by atoms with Gasteiger partial charge in [-0.05, 0) is 61.9 Å². The van der Waals surface area contributed by atoms with Crippen LogP contribution in [-0.4, -0.2) is 31.6 Å². The molecule has 0 N–H and O–H groups in total. The molecule has 1 unspecified atom stereocenters. The van der Waals surface area contributed by atoms with E-state index in [1.165, 1.54) is 5.56 Å². The zero-order chi connectivity index (χ0) is 18.9. The second-order valence-electron chi connectivity index (χ2n) is 7.05. The van der Waals surface area contributed by atoms with E-state index in [-0.39, 0.29) is 0 Å². The molecule has 2 aromatic rings. The monoisotopic (exact) mass is 389 g/mol. The van der Waals surface area contributed by atoms with Crippen LogP contribution in [-0.2, 0) is 10.0 Å². The third-order valence-electron chi connectivity index (χ3n) is 5.37. The largest absolute Gasteiger partial charge is 0.243 e. The average molecular weight is 390 g/mol. The van der Waals surface area contributed by atoms with Crippen molar-refractivity contribution in [1.82, 2.24) is 4.31 Å². The van der Waals surface area contributed by atoms with Crippen LogP contribution in [0.4, 0.5) is 0 Å². The normalized spacial score (nSPS) is 19.3. The van der Waals surface area contributed by atoms with Gasteiger partial charge in [-0.1, -0.05) is 36.4 Å². The molecule has 140 valence electrons. The molecule has 1 fully saturated rings. The van der Waals surface area contributed by atoms with E-state index in [1.807, 2.05) is 45.5 Å². The van der Waals surface area contributed by atoms with Crippen molar-refractivity contribution in [3.05, 3.63) is 64.2 Å². The zero-order valence-electron chi connectivity index (χ0n) is 16.0. The van der Waals surface area contributed by atoms with Crippen molar-refractivity contribution in [1.29, 1.82) is 0 Å². The number of rotatable bonds is 3. The zero-order valence-corrected chi connectivity index (χ0v) is 17.6. The SMILES string of the molecule is Cc1cc(C)c(C)c(S(=O)(=O)N2CCSC(c3ccccc3)CC2)c1C. The van der Waals surface area contributed by atoms with Crippen molar-refractivity contribution >= 4 is 21.8 Å². The smallest absolute Gasteiger partial charge is 0.207 e. The molecule has 0 aromatic heterocycles. The molecule has 0 aliphatic carbocycles. The first-order valence-corrected chi connectivity index (χ1v) is 11.6. The van der Waals surface area contributed by atoms with Crippen molar-refractivity contribution in [2.45, 2.75) is 44.3 Å². The summed E-state index contributed by atoms with van der Waals surface area (Å²) in [4.78, 5) is 0.512. The summed E-state index contributed by atoms with van der Waals surface area (Å²) in [7, 11) is -3.48. The summed E-state index contributed by atoms with van der Waals surface area (Å²) in [6.07, 6.45) is 0.844. The molecule has 0 spiro atoms. The fourth-order valence-electron chi connectivity index (χ4n) is 3.62. The van der Waals surface area contributed by atoms with Gasteiger partial charge in [0.1, 0.15) is 0 Å². The molecule has 1 aliphatic heterocycles. The molecule has 0 radical (unpaired) electrons. The third kappa shape index (κ3) is 3.71. The lowest BCUT2D eigenvalue weighted by Gasteiger charge is -2.24. The van der Waals surface area contributed by atoms with Gasteiger partial charge in [0, 0.05) is 24.1 Å². The maximum atomic E-state index is 13.4. The van der Waals surface area contributed by atoms with Gasteiger partial charge in [-0.2, -0.15) is 16.1 Å². The maximum absolute atomic E-state index is 13.4. The van der Waals surface area contributed by atoms with Crippen LogP contribution in [0.25, 0.3) is 0 Å². The Morgan fingerprint density at radius 1 is 0.962 bits per heavy atom. The molecule has 1 atom stereocenters. The Morgan fingerprint density at radius 2 is 1.58 bits per heavy atom. The van der Waals surface area contributed by atoms with Gasteiger partial charge in [-0.25, -0.2) is 8.42 Å². The van der Waals surface area contributed by atoms with Crippen LogP contribution in [0.1, 0.15) is 39.5 Å². The second-order valence-corrected chi connectivity index (χ2v) is 10.2. The Kier molecular flexibility index (Phi) is 5.80. The molecule has 1 saturated heterocycles. The highest BCUT2D eigenvalue weighted by Gasteiger charge is 2.31. The highest BCUT2D eigenvalue weighted by atomic mass is 32.2. The average Bonchev–Trinajstić information content (AvgIpc) is 2.87. The van der Waals surface area contributed by atoms with Crippen LogP contribution >= 0.6 is 11.8 Å². The molecule has 26 heavy (non-hydrogen) atoms. The van der Waals surface area contributed by atoms with Gasteiger partial charge in [0.2, 0.25) is 10.0 Å². The summed E-state index contributed by atoms with van der Waals surface area (Å²) in [6, 6.07) is 12.5. The van der Waals surface area contributed by atoms with Crippen molar-refractivity contribution in [3.63, 3.8) is 0 Å². The Labute approximate surface area is 161 Å². The minimum absolute atomic E-state index is 0.359. The van der Waals surface area contributed by atoms with Gasteiger partial charge in [0.25, 0.3) is 0 Å². The summed E-state index contributed by atoms with van der Waals surface area (Å²) >= 11 is 1.86. The Morgan fingerprint density at radius 3 is 2.19 bits per heavy atom. The number of hydrogen-bond donors (Lipinski definition) is 0. The highest BCUT2D eigenvalue weighted by Crippen LogP contribution is 2.36. The third-order valence-corrected chi connectivity index (χ3v) is 8.87. The fraction of sp³-hybridized carbons (Fsp3) is 0.429. The lowest BCUT2D eigenvalue weighted by Crippen LogP contribution is -2.34. The predicted molar refractivity (Wildman–Crippen MR) is 110 cm³/mol. The summed E-state index contributed by atoms with van der Waals surface area (Å²) in [5.74, 6) is 0.821. The van der Waals surface area contributed by atoms with E-state index in [9.17, 15) is 8.42 Å². The Hall–Kier alpha value is -1.30. The number of thioether (sulfide) groups is 1. The van der Waals surface area contributed by atoms with Gasteiger partial charge in [0.05, 0.1) is 4.90 Å². The first-order chi connectivity index (χ1) is 12.3. The molecular weight excluding hydrogens is 362 g/mol. The minimum atomic E-state index is -3.48. The van der Waals surface area contributed by atoms with Crippen molar-refractivity contribution < 1.29 is 8.42 Å². The predicted octanol–water partition coefficient (Wildman–Crippen LogP) is 4.79. The topological polar surface area (TPSA) is 37.4 Å². The van der Waals surface area contributed by atoms with Crippen LogP contribution in [0.2, 0.25) is 0 Å². The molecule has 2 aromatic carbocycles. The van der Waals surface area contributed by atoms with E-state index in [4.69, 9.17) is 0 Å². The maximum Gasteiger partial charge on any atom is 0.243 e. The van der Waals surface area contributed by atoms with Crippen molar-refractivity contribution in [2.24, 2.45) is 0 Å². The molecule has 0 saturated carbocycles. The van der Waals surface area contributed by atoms with Crippen molar-refractivity contribution in [2.75, 3.05) is 18.8 Å². The van der Waals surface area contributed by atoms with E-state index >= 15 is 0 Å². The lowest BCUT2D eigenvalue weighted by atomic mass is 10.0. The van der Waals surface area contributed by atoms with E-state index in [0.29, 0.717) is 23.2 Å². The number of hydrogen-bond acceptors (Lipinski definition) is 3.